The van der Waals surface area contributed by atoms with E-state index in [1.165, 1.54) is 37.7 Å². The van der Waals surface area contributed by atoms with Gasteiger partial charge < -0.3 is 58.6 Å². The van der Waals surface area contributed by atoms with E-state index < -0.39 is 54.2 Å². The van der Waals surface area contributed by atoms with Crippen molar-refractivity contribution in [1.29, 1.82) is 0 Å². The summed E-state index contributed by atoms with van der Waals surface area (Å²) in [5, 5.41) is 8.46. The number of pyridine rings is 2. The minimum Gasteiger partial charge on any atom is -0.464 e. The Bertz CT molecular complexity index is 4500. The lowest BCUT2D eigenvalue weighted by Gasteiger charge is -2.39. The van der Waals surface area contributed by atoms with E-state index in [1.807, 2.05) is 71.2 Å². The highest BCUT2D eigenvalue weighted by molar-refractivity contribution is 5.97. The molecular formula is C88H125FN14O11. The maximum Gasteiger partial charge on any atom is 0.324 e. The highest BCUT2D eigenvalue weighted by Gasteiger charge is 2.42. The quantitative estimate of drug-likeness (QED) is 0.0618. The van der Waals surface area contributed by atoms with Crippen LogP contribution in [0.15, 0.2) is 73.1 Å². The average molecular weight is 1580 g/mol. The minimum atomic E-state index is -1.00. The minimum absolute atomic E-state index is 0.109. The van der Waals surface area contributed by atoms with Gasteiger partial charge in [-0.25, -0.2) is 10.9 Å². The summed E-state index contributed by atoms with van der Waals surface area (Å²) in [7, 11) is 2.85. The van der Waals surface area contributed by atoms with Gasteiger partial charge in [-0.1, -0.05) is 75.2 Å². The van der Waals surface area contributed by atoms with Crippen LogP contribution in [0.4, 0.5) is 15.8 Å². The Morgan fingerprint density at radius 1 is 0.711 bits per heavy atom. The number of esters is 2. The lowest BCUT2D eigenvalue weighted by Crippen LogP contribution is -2.61. The molecule has 6 aromatic rings. The molecule has 2 aromatic carbocycles. The van der Waals surface area contributed by atoms with E-state index >= 15 is 0 Å². The fourth-order valence-corrected chi connectivity index (χ4v) is 16.7. The number of hydrogen-bond donors (Lipinski definition) is 4. The maximum absolute atomic E-state index is 14.6. The van der Waals surface area contributed by atoms with Crippen LogP contribution in [0.2, 0.25) is 0 Å². The number of amides is 4. The molecule has 7 aliphatic rings. The molecule has 7 aliphatic heterocycles. The largest absolute Gasteiger partial charge is 0.464 e. The smallest absolute Gasteiger partial charge is 0.324 e. The molecule has 0 spiro atoms. The number of aryl methyl sites for hydroxylation is 2. The van der Waals surface area contributed by atoms with Crippen molar-refractivity contribution in [3.05, 3.63) is 95.6 Å². The molecule has 0 saturated carbocycles. The second-order valence-electron chi connectivity index (χ2n) is 35.0. The number of fused-ring (bicyclic) bond motifs is 12. The molecule has 12 bridgehead atoms. The van der Waals surface area contributed by atoms with Crippen LogP contribution < -0.4 is 31.7 Å². The number of nitrogens with zero attached hydrogens (tertiary/aromatic N) is 10. The lowest BCUT2D eigenvalue weighted by molar-refractivity contribution is -0.156. The summed E-state index contributed by atoms with van der Waals surface area (Å²) in [6, 6.07) is 18.8. The van der Waals surface area contributed by atoms with E-state index in [2.05, 4.69) is 165 Å². The Labute approximate surface area is 674 Å². The van der Waals surface area contributed by atoms with Crippen molar-refractivity contribution in [2.45, 2.75) is 221 Å². The van der Waals surface area contributed by atoms with Gasteiger partial charge in [0, 0.05) is 139 Å². The van der Waals surface area contributed by atoms with Crippen LogP contribution in [-0.4, -0.2) is 229 Å². The molecule has 620 valence electrons. The first-order chi connectivity index (χ1) is 54.7. The summed E-state index contributed by atoms with van der Waals surface area (Å²) in [5.74, 6) is 3.76. The monoisotopic (exact) mass is 1570 g/mol. The van der Waals surface area contributed by atoms with Crippen molar-refractivity contribution in [2.75, 3.05) is 116 Å². The summed E-state index contributed by atoms with van der Waals surface area (Å²) in [5.41, 5.74) is 25.1. The number of ether oxygens (including phenoxy) is 5. The summed E-state index contributed by atoms with van der Waals surface area (Å²) in [6.07, 6.45) is 7.33. The van der Waals surface area contributed by atoms with Crippen molar-refractivity contribution in [1.82, 2.24) is 55.1 Å². The molecule has 5 N–H and O–H groups in total. The summed E-state index contributed by atoms with van der Waals surface area (Å²) >= 11 is 0. The number of anilines is 2. The van der Waals surface area contributed by atoms with Crippen molar-refractivity contribution in [2.24, 2.45) is 28.4 Å². The maximum atomic E-state index is 14.6. The number of benzene rings is 2. The number of carbonyl (C=O) groups is 6. The van der Waals surface area contributed by atoms with Crippen LogP contribution in [0.1, 0.15) is 171 Å². The first-order valence-corrected chi connectivity index (χ1v) is 41.2. The first-order valence-electron chi connectivity index (χ1n) is 41.9. The van der Waals surface area contributed by atoms with Crippen molar-refractivity contribution >= 4 is 68.7 Å². The van der Waals surface area contributed by atoms with Gasteiger partial charge >= 0.3 is 11.9 Å². The number of nitrogens with two attached hydrogens (primary N) is 1. The molecule has 5 saturated heterocycles. The number of alkyl halides is 1. The molecule has 26 heteroatoms. The number of halogens is 1. The van der Waals surface area contributed by atoms with Gasteiger partial charge in [0.1, 0.15) is 18.1 Å². The van der Waals surface area contributed by atoms with E-state index in [4.69, 9.17) is 40.8 Å². The number of hydrogen-bond acceptors (Lipinski definition) is 19. The van der Waals surface area contributed by atoms with Gasteiger partial charge in [-0.15, -0.1) is 0 Å². The van der Waals surface area contributed by atoms with Crippen molar-refractivity contribution in [3.8, 4) is 34.4 Å². The van der Waals surface area contributed by atoms with Gasteiger partial charge in [0.25, 0.3) is 17.7 Å². The molecule has 114 heavy (non-hydrogen) atoms. The molecule has 0 aliphatic carbocycles. The Balaban J connectivity index is 0.000000235. The number of carbonyl (C=O) groups excluding carboxylic acids is 6. The van der Waals surface area contributed by atoms with E-state index in [0.717, 1.165) is 70.1 Å². The third-order valence-corrected chi connectivity index (χ3v) is 23.5. The number of rotatable bonds is 13. The number of likely N-dealkylation sites (tertiary alicyclic amines) is 1. The van der Waals surface area contributed by atoms with Crippen molar-refractivity contribution < 1.29 is 58.2 Å². The van der Waals surface area contributed by atoms with E-state index in [1.54, 1.807) is 4.90 Å². The number of morpholine rings is 2. The Hall–Kier alpha value is -8.55. The third-order valence-electron chi connectivity index (χ3n) is 23.5. The third kappa shape index (κ3) is 19.8. The van der Waals surface area contributed by atoms with E-state index in [9.17, 15) is 33.2 Å². The summed E-state index contributed by atoms with van der Waals surface area (Å²) < 4.78 is 51.2. The van der Waals surface area contributed by atoms with Crippen LogP contribution >= 0.6 is 0 Å². The van der Waals surface area contributed by atoms with Gasteiger partial charge in [-0.3, -0.25) is 58.0 Å². The van der Waals surface area contributed by atoms with Crippen LogP contribution in [0, 0.1) is 34.5 Å². The zero-order valence-electron chi connectivity index (χ0n) is 71.2. The number of aromatic nitrogens is 4. The number of cyclic esters (lactones) is 2. The van der Waals surface area contributed by atoms with Crippen LogP contribution in [0.25, 0.3) is 44.3 Å². The molecule has 0 unspecified atom stereocenters. The van der Waals surface area contributed by atoms with Gasteiger partial charge in [0.05, 0.1) is 100 Å². The molecule has 7 atom stereocenters. The predicted octanol–water partition coefficient (Wildman–Crippen LogP) is 10.4. The average Bonchev–Trinajstić information content (AvgIpc) is 1.59. The molecule has 11 heterocycles. The zero-order valence-corrected chi connectivity index (χ0v) is 70.2. The molecule has 13 rings (SSSR count). The Morgan fingerprint density at radius 2 is 1.18 bits per heavy atom. The summed E-state index contributed by atoms with van der Waals surface area (Å²) in [4.78, 5) is 100. The normalized spacial score (nSPS) is 23.0. The molecule has 25 nitrogen and oxygen atoms in total. The van der Waals surface area contributed by atoms with Gasteiger partial charge in [-0.2, -0.15) is 0 Å². The van der Waals surface area contributed by atoms with Crippen LogP contribution in [-0.2, 0) is 78.4 Å². The van der Waals surface area contributed by atoms with Crippen LogP contribution in [0.5, 0.6) is 0 Å². The Morgan fingerprint density at radius 3 is 1.64 bits per heavy atom. The fourth-order valence-electron chi connectivity index (χ4n) is 16.7. The topological polar surface area (TPSA) is 266 Å². The number of hydrazine groups is 2. The molecule has 5 fully saturated rings. The fraction of sp³-hybridized carbons (Fsp3) is 0.614. The van der Waals surface area contributed by atoms with Crippen LogP contribution in [0.3, 0.4) is 0 Å². The first kappa shape index (κ1) is 84.8. The van der Waals surface area contributed by atoms with E-state index in [0.29, 0.717) is 104 Å². The molecule has 4 aromatic heterocycles. The molecule has 0 radical (unpaired) electrons. The lowest BCUT2D eigenvalue weighted by atomic mass is 9.84. The Kier molecular flexibility index (Phi) is 27.7. The predicted molar refractivity (Wildman–Crippen MR) is 443 cm³/mol. The summed E-state index contributed by atoms with van der Waals surface area (Å²) in [6.45, 7) is 36.9. The van der Waals surface area contributed by atoms with Gasteiger partial charge in [0.15, 0.2) is 0 Å². The highest BCUT2D eigenvalue weighted by Crippen LogP contribution is 2.45. The van der Waals surface area contributed by atoms with Gasteiger partial charge in [-0.05, 0) is 182 Å². The molecular weight excluding hydrogens is 1450 g/mol. The highest BCUT2D eigenvalue weighted by atomic mass is 19.1. The van der Waals surface area contributed by atoms with Gasteiger partial charge in [0.2, 0.25) is 5.91 Å². The second kappa shape index (κ2) is 37.2. The standard InChI is InChI=1S/C52H74N8O7.C35H48N6O4.CH3F/c1-12-59-44-18-17-35-25-39(44)40(47(59)38-15-13-21-53-46(38)34(4)5)27-51(6,7)32-67-50(64)42-16-14-22-60(55-42)49(63)43(26-36-28-57(35)23-24-65-36)54-48(62)41(33(2)3)31-66-37-29-58(30-37)45(61)19-20-52(8,9)56(10)11;1-6-40-30-12-11-23-17-26(30)27(32(40)25-9-7-13-37-31(25)22(2)3)19-35(4,5)21-45-34(43)29-10-8-14-41(38-29)33(42)28(36)18-24-20-39(23)15-16-44-24;1-2/h13,15,17-18,21,25,33-34,36-37,41-43,55H,12,14,16,22-24,26-32H2,1-11H3,(H,54,62);7,9,11-13,17,22,24,28-29,38H,6,8,10,14-16,18-21,36H2,1-5H3;1H3/t36-,41-,42-,43-;24-,28-,29-;/m00./s1/i;;1D. The SMILES string of the molecule is CCn1c(-c2cccnc2C(C)C)c2c3cc(ccc31)N1CCO[C@@H](C[C@H](N)C(=O)N3CCC[C@H](N3)C(=O)OCC(C)(C)C2)C1.CCn1c(-c2cccnc2C(C)C)c2c3cc(ccc31)N1CCO[C@@H](C[C@H](NC(=O)[C@@H](COC3CN(C(=O)C#CC(C)(C)N(C)C)C3)C(C)C)C(=O)N3CCC[C@H](N3)C(=O)OCC(C)(C)C2)C1.[2H]CF. The van der Waals surface area contributed by atoms with Crippen molar-refractivity contribution in [3.63, 3.8) is 0 Å². The second-order valence-corrected chi connectivity index (χ2v) is 35.0. The molecule has 4 amide bonds. The van der Waals surface area contributed by atoms with E-state index in [-0.39, 0.29) is 97.3 Å². The number of nitrogens with one attached hydrogen (secondary N) is 3. The zero-order chi connectivity index (χ0) is 83.0.